The molecule has 1 aromatic rings. The molecular formula is C14H26N4O. The number of aryl methyl sites for hydroxylation is 1. The van der Waals surface area contributed by atoms with Gasteiger partial charge in [0.2, 0.25) is 0 Å². The van der Waals surface area contributed by atoms with Gasteiger partial charge in [-0.15, -0.1) is 10.2 Å². The summed E-state index contributed by atoms with van der Waals surface area (Å²) in [4.78, 5) is 0. The quantitative estimate of drug-likeness (QED) is 0.904. The van der Waals surface area contributed by atoms with Crippen molar-refractivity contribution in [3.8, 4) is 0 Å². The van der Waals surface area contributed by atoms with Gasteiger partial charge in [0, 0.05) is 13.6 Å². The van der Waals surface area contributed by atoms with Crippen molar-refractivity contribution in [3.05, 3.63) is 11.6 Å². The SMILES string of the molecule is Cc1nnc(COC2(CN)CCC(C)(C)CC2)n1C. The molecule has 0 atom stereocenters. The molecule has 1 fully saturated rings. The van der Waals surface area contributed by atoms with Crippen molar-refractivity contribution in [2.75, 3.05) is 6.54 Å². The Morgan fingerprint density at radius 1 is 1.21 bits per heavy atom. The third kappa shape index (κ3) is 3.15. The van der Waals surface area contributed by atoms with E-state index in [0.29, 0.717) is 18.6 Å². The number of rotatable bonds is 4. The van der Waals surface area contributed by atoms with E-state index in [1.807, 2.05) is 18.5 Å². The van der Waals surface area contributed by atoms with Gasteiger partial charge >= 0.3 is 0 Å². The summed E-state index contributed by atoms with van der Waals surface area (Å²) in [5, 5.41) is 8.19. The Morgan fingerprint density at radius 3 is 2.32 bits per heavy atom. The largest absolute Gasteiger partial charge is 0.366 e. The maximum atomic E-state index is 6.14. The molecule has 0 amide bonds. The summed E-state index contributed by atoms with van der Waals surface area (Å²) in [5.41, 5.74) is 6.22. The Morgan fingerprint density at radius 2 is 1.84 bits per heavy atom. The van der Waals surface area contributed by atoms with Crippen LogP contribution in [0.1, 0.15) is 51.2 Å². The molecule has 5 heteroatoms. The van der Waals surface area contributed by atoms with Gasteiger partial charge in [-0.3, -0.25) is 0 Å². The standard InChI is InChI=1S/C14H26N4O/c1-11-16-17-12(18(11)4)9-19-14(10-15)7-5-13(2,3)6-8-14/h5-10,15H2,1-4H3. The van der Waals surface area contributed by atoms with Gasteiger partial charge in [-0.05, 0) is 38.0 Å². The molecule has 2 N–H and O–H groups in total. The molecule has 1 aliphatic carbocycles. The Hall–Kier alpha value is -0.940. The van der Waals surface area contributed by atoms with Crippen LogP contribution in [-0.4, -0.2) is 26.9 Å². The Kier molecular flexibility index (Phi) is 3.97. The molecule has 1 saturated carbocycles. The Labute approximate surface area is 115 Å². The van der Waals surface area contributed by atoms with E-state index in [1.165, 1.54) is 12.8 Å². The van der Waals surface area contributed by atoms with E-state index >= 15 is 0 Å². The summed E-state index contributed by atoms with van der Waals surface area (Å²) in [6.45, 7) is 7.66. The van der Waals surface area contributed by atoms with E-state index in [-0.39, 0.29) is 5.60 Å². The van der Waals surface area contributed by atoms with Crippen molar-refractivity contribution in [3.63, 3.8) is 0 Å². The van der Waals surface area contributed by atoms with Crippen molar-refractivity contribution in [2.45, 2.75) is 58.7 Å². The second kappa shape index (κ2) is 5.21. The molecule has 0 spiro atoms. The minimum Gasteiger partial charge on any atom is -0.366 e. The lowest BCUT2D eigenvalue weighted by Crippen LogP contribution is -2.45. The van der Waals surface area contributed by atoms with E-state index in [0.717, 1.165) is 24.5 Å². The molecule has 0 radical (unpaired) electrons. The molecule has 19 heavy (non-hydrogen) atoms. The molecule has 108 valence electrons. The zero-order valence-corrected chi connectivity index (χ0v) is 12.6. The second-order valence-electron chi connectivity index (χ2n) is 6.56. The normalized spacial score (nSPS) is 21.5. The fourth-order valence-electron chi connectivity index (χ4n) is 2.58. The number of nitrogens with two attached hydrogens (primary N) is 1. The fraction of sp³-hybridized carbons (Fsp3) is 0.857. The maximum absolute atomic E-state index is 6.14. The van der Waals surface area contributed by atoms with E-state index in [9.17, 15) is 0 Å². The lowest BCUT2D eigenvalue weighted by molar-refractivity contribution is -0.0929. The average Bonchev–Trinajstić information content (AvgIpc) is 2.70. The molecule has 0 aromatic carbocycles. The maximum Gasteiger partial charge on any atom is 0.158 e. The summed E-state index contributed by atoms with van der Waals surface area (Å²) in [6, 6.07) is 0. The molecule has 1 aliphatic rings. The first-order valence-electron chi connectivity index (χ1n) is 7.06. The highest BCUT2D eigenvalue weighted by Gasteiger charge is 2.38. The van der Waals surface area contributed by atoms with Gasteiger partial charge in [0.15, 0.2) is 5.82 Å². The summed E-state index contributed by atoms with van der Waals surface area (Å²) in [5.74, 6) is 1.78. The number of hydrogen-bond acceptors (Lipinski definition) is 4. The average molecular weight is 266 g/mol. The van der Waals surface area contributed by atoms with Crippen LogP contribution < -0.4 is 5.73 Å². The number of nitrogens with zero attached hydrogens (tertiary/aromatic N) is 3. The van der Waals surface area contributed by atoms with Crippen LogP contribution in [0.4, 0.5) is 0 Å². The van der Waals surface area contributed by atoms with Gasteiger partial charge in [-0.1, -0.05) is 13.8 Å². The summed E-state index contributed by atoms with van der Waals surface area (Å²) in [7, 11) is 1.97. The van der Waals surface area contributed by atoms with Gasteiger partial charge in [0.05, 0.1) is 5.60 Å². The fourth-order valence-corrected chi connectivity index (χ4v) is 2.58. The molecule has 5 nitrogen and oxygen atoms in total. The van der Waals surface area contributed by atoms with Crippen LogP contribution in [0, 0.1) is 12.3 Å². The van der Waals surface area contributed by atoms with Gasteiger partial charge < -0.3 is 15.0 Å². The molecule has 0 bridgehead atoms. The minimum atomic E-state index is -0.171. The lowest BCUT2D eigenvalue weighted by Gasteiger charge is -2.42. The number of ether oxygens (including phenoxy) is 1. The smallest absolute Gasteiger partial charge is 0.158 e. The zero-order chi connectivity index (χ0) is 14.1. The lowest BCUT2D eigenvalue weighted by atomic mass is 9.71. The Balaban J connectivity index is 1.98. The van der Waals surface area contributed by atoms with Gasteiger partial charge in [0.1, 0.15) is 12.4 Å². The molecule has 0 saturated heterocycles. The minimum absolute atomic E-state index is 0.171. The van der Waals surface area contributed by atoms with Gasteiger partial charge in [-0.2, -0.15) is 0 Å². The number of aromatic nitrogens is 3. The van der Waals surface area contributed by atoms with E-state index in [1.54, 1.807) is 0 Å². The summed E-state index contributed by atoms with van der Waals surface area (Å²) < 4.78 is 8.11. The molecule has 0 aliphatic heterocycles. The van der Waals surface area contributed by atoms with Crippen molar-refractivity contribution in [1.82, 2.24) is 14.8 Å². The van der Waals surface area contributed by atoms with Crippen molar-refractivity contribution >= 4 is 0 Å². The topological polar surface area (TPSA) is 66.0 Å². The highest BCUT2D eigenvalue weighted by atomic mass is 16.5. The zero-order valence-electron chi connectivity index (χ0n) is 12.6. The molecule has 1 heterocycles. The van der Waals surface area contributed by atoms with Crippen molar-refractivity contribution in [2.24, 2.45) is 18.2 Å². The van der Waals surface area contributed by atoms with E-state index < -0.39 is 0 Å². The molecular weight excluding hydrogens is 240 g/mol. The van der Waals surface area contributed by atoms with Crippen LogP contribution >= 0.6 is 0 Å². The third-order valence-electron chi connectivity index (χ3n) is 4.58. The number of hydrogen-bond donors (Lipinski definition) is 1. The molecule has 2 rings (SSSR count). The molecule has 0 unspecified atom stereocenters. The van der Waals surface area contributed by atoms with E-state index in [2.05, 4.69) is 24.0 Å². The van der Waals surface area contributed by atoms with Gasteiger partial charge in [0.25, 0.3) is 0 Å². The van der Waals surface area contributed by atoms with Crippen molar-refractivity contribution < 1.29 is 4.74 Å². The van der Waals surface area contributed by atoms with Crippen LogP contribution in [0.2, 0.25) is 0 Å². The van der Waals surface area contributed by atoms with Crippen LogP contribution in [0.3, 0.4) is 0 Å². The second-order valence-corrected chi connectivity index (χ2v) is 6.56. The predicted octanol–water partition coefficient (Wildman–Crippen LogP) is 1.94. The highest BCUT2D eigenvalue weighted by molar-refractivity contribution is 4.94. The first kappa shape index (κ1) is 14.5. The summed E-state index contributed by atoms with van der Waals surface area (Å²) in [6.07, 6.45) is 4.41. The predicted molar refractivity (Wildman–Crippen MR) is 74.6 cm³/mol. The first-order chi connectivity index (χ1) is 8.87. The monoisotopic (exact) mass is 266 g/mol. The van der Waals surface area contributed by atoms with Crippen molar-refractivity contribution in [1.29, 1.82) is 0 Å². The van der Waals surface area contributed by atoms with Gasteiger partial charge in [-0.25, -0.2) is 0 Å². The van der Waals surface area contributed by atoms with Crippen LogP contribution in [0.15, 0.2) is 0 Å². The summed E-state index contributed by atoms with van der Waals surface area (Å²) >= 11 is 0. The third-order valence-corrected chi connectivity index (χ3v) is 4.58. The Bertz CT molecular complexity index is 429. The van der Waals surface area contributed by atoms with Crippen LogP contribution in [0.5, 0.6) is 0 Å². The first-order valence-corrected chi connectivity index (χ1v) is 7.06. The molecule has 1 aromatic heterocycles. The van der Waals surface area contributed by atoms with E-state index in [4.69, 9.17) is 10.5 Å². The van der Waals surface area contributed by atoms with Crippen LogP contribution in [-0.2, 0) is 18.4 Å². The van der Waals surface area contributed by atoms with Crippen LogP contribution in [0.25, 0.3) is 0 Å². The highest BCUT2D eigenvalue weighted by Crippen LogP contribution is 2.41.